The van der Waals surface area contributed by atoms with Gasteiger partial charge in [-0.25, -0.2) is 15.0 Å². The smallest absolute Gasteiger partial charge is 0.267 e. The average Bonchev–Trinajstić information content (AvgIpc) is 3.28. The number of carbonyl (C=O) groups is 2. The number of thiazole rings is 1. The Morgan fingerprint density at radius 2 is 2.06 bits per heavy atom. The molecule has 2 N–H and O–H groups in total. The number of para-hydroxylation sites is 1. The van der Waals surface area contributed by atoms with Gasteiger partial charge in [0.05, 0.1) is 16.9 Å². The van der Waals surface area contributed by atoms with Gasteiger partial charge in [-0.2, -0.15) is 0 Å². The second-order valence-corrected chi connectivity index (χ2v) is 9.84. The molecule has 3 aromatic rings. The summed E-state index contributed by atoms with van der Waals surface area (Å²) in [5.74, 6) is 1.25. The number of benzene rings is 1. The first-order chi connectivity index (χ1) is 16.4. The van der Waals surface area contributed by atoms with Crippen molar-refractivity contribution in [3.05, 3.63) is 57.4 Å². The molecule has 0 radical (unpaired) electrons. The number of halogens is 1. The van der Waals surface area contributed by atoms with Crippen molar-refractivity contribution in [1.82, 2.24) is 19.9 Å². The molecule has 0 bridgehead atoms. The molecule has 0 atom stereocenters. The van der Waals surface area contributed by atoms with E-state index >= 15 is 0 Å². The molecule has 1 fully saturated rings. The zero-order valence-corrected chi connectivity index (χ0v) is 20.7. The second kappa shape index (κ2) is 11.0. The first-order valence-corrected chi connectivity index (χ1v) is 12.4. The lowest BCUT2D eigenvalue weighted by atomic mass is 9.98. The molecule has 2 aromatic heterocycles. The van der Waals surface area contributed by atoms with Crippen molar-refractivity contribution >= 4 is 51.8 Å². The molecule has 1 saturated heterocycles. The maximum Gasteiger partial charge on any atom is 0.267 e. The topological polar surface area (TPSA) is 100 Å². The van der Waals surface area contributed by atoms with E-state index in [0.717, 1.165) is 56.4 Å². The number of carbonyl (C=O) groups excluding carboxylic acids is 2. The van der Waals surface area contributed by atoms with Gasteiger partial charge in [0.1, 0.15) is 22.8 Å². The van der Waals surface area contributed by atoms with Gasteiger partial charge < -0.3 is 20.3 Å². The Labute approximate surface area is 207 Å². The van der Waals surface area contributed by atoms with Gasteiger partial charge in [0.2, 0.25) is 0 Å². The van der Waals surface area contributed by atoms with Crippen LogP contribution < -0.4 is 10.6 Å². The summed E-state index contributed by atoms with van der Waals surface area (Å²) in [6, 6.07) is 7.39. The predicted octanol–water partition coefficient (Wildman–Crippen LogP) is 4.65. The third-order valence-corrected chi connectivity index (χ3v) is 7.05. The molecule has 0 unspecified atom stereocenters. The number of hydrogen-bond donors (Lipinski definition) is 2. The number of aromatic nitrogens is 3. The standard InChI is InChI=1S/C24H27ClN6O2S/c1-15-4-3-5-19(25)22(15)30-23(33)20-13-26-24(34-20)29-21-12-18(27-16(2)28-21)8-11-31-9-6-17(14-32)7-10-31/h3-5,12-14,17H,6-11H2,1-2H3,(H,30,33)(H,26,27,28,29). The molecular weight excluding hydrogens is 472 g/mol. The number of amides is 1. The van der Waals surface area contributed by atoms with E-state index in [1.54, 1.807) is 6.07 Å². The van der Waals surface area contributed by atoms with Crippen LogP contribution in [0.15, 0.2) is 30.5 Å². The minimum absolute atomic E-state index is 0.201. The van der Waals surface area contributed by atoms with Crippen LogP contribution in [0.25, 0.3) is 0 Å². The van der Waals surface area contributed by atoms with E-state index in [4.69, 9.17) is 11.6 Å². The number of nitrogens with zero attached hydrogens (tertiary/aromatic N) is 4. The Balaban J connectivity index is 1.37. The van der Waals surface area contributed by atoms with Crippen LogP contribution >= 0.6 is 22.9 Å². The highest BCUT2D eigenvalue weighted by Crippen LogP contribution is 2.28. The van der Waals surface area contributed by atoms with E-state index in [-0.39, 0.29) is 11.8 Å². The SMILES string of the molecule is Cc1nc(CCN2CCC(C=O)CC2)cc(Nc2ncc(C(=O)Nc3c(C)cccc3Cl)s2)n1. The molecule has 1 aliphatic heterocycles. The van der Waals surface area contributed by atoms with Crippen molar-refractivity contribution in [2.45, 2.75) is 33.1 Å². The minimum atomic E-state index is -0.264. The van der Waals surface area contributed by atoms with Crippen LogP contribution in [0.3, 0.4) is 0 Å². The third kappa shape index (κ3) is 6.16. The summed E-state index contributed by atoms with van der Waals surface area (Å²) in [6.45, 7) is 6.53. The third-order valence-electron chi connectivity index (χ3n) is 5.82. The Kier molecular flexibility index (Phi) is 7.87. The molecule has 1 aliphatic rings. The van der Waals surface area contributed by atoms with E-state index in [0.29, 0.717) is 32.4 Å². The quantitative estimate of drug-likeness (QED) is 0.436. The van der Waals surface area contributed by atoms with Crippen LogP contribution in [0.1, 0.15) is 39.6 Å². The lowest BCUT2D eigenvalue weighted by Crippen LogP contribution is -2.35. The Hall–Kier alpha value is -2.88. The number of hydrogen-bond acceptors (Lipinski definition) is 8. The monoisotopic (exact) mass is 498 g/mol. The van der Waals surface area contributed by atoms with Gasteiger partial charge in [0.15, 0.2) is 5.13 Å². The number of aryl methyl sites for hydroxylation is 2. The number of piperidine rings is 1. The number of likely N-dealkylation sites (tertiary alicyclic amines) is 1. The van der Waals surface area contributed by atoms with Crippen molar-refractivity contribution in [2.24, 2.45) is 5.92 Å². The lowest BCUT2D eigenvalue weighted by molar-refractivity contribution is -0.112. The van der Waals surface area contributed by atoms with Crippen LogP contribution in [0.2, 0.25) is 5.02 Å². The fourth-order valence-corrected chi connectivity index (χ4v) is 4.91. The normalized spacial score (nSPS) is 14.7. The maximum atomic E-state index is 12.7. The van der Waals surface area contributed by atoms with E-state index in [9.17, 15) is 9.59 Å². The van der Waals surface area contributed by atoms with Gasteiger partial charge in [-0.15, -0.1) is 0 Å². The van der Waals surface area contributed by atoms with Crippen molar-refractivity contribution in [3.8, 4) is 0 Å². The minimum Gasteiger partial charge on any atom is -0.320 e. The van der Waals surface area contributed by atoms with Gasteiger partial charge in [-0.1, -0.05) is 35.1 Å². The van der Waals surface area contributed by atoms with Gasteiger partial charge in [-0.3, -0.25) is 4.79 Å². The summed E-state index contributed by atoms with van der Waals surface area (Å²) in [5.41, 5.74) is 2.43. The average molecular weight is 499 g/mol. The van der Waals surface area contributed by atoms with Crippen LogP contribution in [0.5, 0.6) is 0 Å². The number of aldehydes is 1. The van der Waals surface area contributed by atoms with Gasteiger partial charge in [0, 0.05) is 30.6 Å². The molecule has 34 heavy (non-hydrogen) atoms. The van der Waals surface area contributed by atoms with Crippen molar-refractivity contribution < 1.29 is 9.59 Å². The molecular formula is C24H27ClN6O2S. The largest absolute Gasteiger partial charge is 0.320 e. The highest BCUT2D eigenvalue weighted by Gasteiger charge is 2.19. The highest BCUT2D eigenvalue weighted by molar-refractivity contribution is 7.17. The number of rotatable bonds is 8. The Morgan fingerprint density at radius 1 is 1.26 bits per heavy atom. The summed E-state index contributed by atoms with van der Waals surface area (Å²) >= 11 is 7.46. The maximum absolute atomic E-state index is 12.7. The molecule has 0 saturated carbocycles. The van der Waals surface area contributed by atoms with E-state index in [1.807, 2.05) is 32.0 Å². The Bertz CT molecular complexity index is 1160. The van der Waals surface area contributed by atoms with E-state index < -0.39 is 0 Å². The molecule has 3 heterocycles. The first kappa shape index (κ1) is 24.3. The molecule has 10 heteroatoms. The molecule has 1 amide bonds. The van der Waals surface area contributed by atoms with E-state index in [2.05, 4.69) is 30.5 Å². The summed E-state index contributed by atoms with van der Waals surface area (Å²) in [5, 5.41) is 7.13. The van der Waals surface area contributed by atoms with Crippen LogP contribution in [-0.4, -0.2) is 51.7 Å². The zero-order valence-electron chi connectivity index (χ0n) is 19.2. The van der Waals surface area contributed by atoms with Crippen molar-refractivity contribution in [3.63, 3.8) is 0 Å². The predicted molar refractivity (Wildman–Crippen MR) is 135 cm³/mol. The fourth-order valence-electron chi connectivity index (χ4n) is 3.92. The van der Waals surface area contributed by atoms with E-state index in [1.165, 1.54) is 17.5 Å². The summed E-state index contributed by atoms with van der Waals surface area (Å²) < 4.78 is 0. The zero-order chi connectivity index (χ0) is 24.1. The summed E-state index contributed by atoms with van der Waals surface area (Å²) in [6.07, 6.45) is 5.26. The van der Waals surface area contributed by atoms with Crippen molar-refractivity contribution in [2.75, 3.05) is 30.3 Å². The molecule has 8 nitrogen and oxygen atoms in total. The van der Waals surface area contributed by atoms with Crippen molar-refractivity contribution in [1.29, 1.82) is 0 Å². The highest BCUT2D eigenvalue weighted by atomic mass is 35.5. The van der Waals surface area contributed by atoms with Gasteiger partial charge in [-0.05, 0) is 51.4 Å². The summed E-state index contributed by atoms with van der Waals surface area (Å²) in [4.78, 5) is 39.8. The lowest BCUT2D eigenvalue weighted by Gasteiger charge is -2.29. The van der Waals surface area contributed by atoms with Gasteiger partial charge >= 0.3 is 0 Å². The second-order valence-electron chi connectivity index (χ2n) is 8.40. The van der Waals surface area contributed by atoms with Gasteiger partial charge in [0.25, 0.3) is 5.91 Å². The molecule has 0 spiro atoms. The van der Waals surface area contributed by atoms with Crippen LogP contribution in [0, 0.1) is 19.8 Å². The Morgan fingerprint density at radius 3 is 2.79 bits per heavy atom. The van der Waals surface area contributed by atoms with Crippen LogP contribution in [-0.2, 0) is 11.2 Å². The number of nitrogens with one attached hydrogen (secondary N) is 2. The molecule has 0 aliphatic carbocycles. The fraction of sp³-hybridized carbons (Fsp3) is 0.375. The summed E-state index contributed by atoms with van der Waals surface area (Å²) in [7, 11) is 0. The molecule has 1 aromatic carbocycles. The molecule has 178 valence electrons. The number of anilines is 3. The first-order valence-electron chi connectivity index (χ1n) is 11.2. The molecule has 4 rings (SSSR count). The van der Waals surface area contributed by atoms with Crippen LogP contribution in [0.4, 0.5) is 16.6 Å².